The average molecular weight is 351 g/mol. The summed E-state index contributed by atoms with van der Waals surface area (Å²) < 4.78 is 26.7. The van der Waals surface area contributed by atoms with E-state index in [4.69, 9.17) is 0 Å². The molecule has 0 atom stereocenters. The van der Waals surface area contributed by atoms with E-state index >= 15 is 0 Å². The molecule has 2 heterocycles. The Morgan fingerprint density at radius 3 is 2.32 bits per heavy atom. The van der Waals surface area contributed by atoms with Crippen LogP contribution in [-0.2, 0) is 10.0 Å². The van der Waals surface area contributed by atoms with E-state index in [0.717, 1.165) is 0 Å². The van der Waals surface area contributed by atoms with Crippen LogP contribution in [0.4, 0.5) is 16.0 Å². The van der Waals surface area contributed by atoms with Crippen LogP contribution in [0.1, 0.15) is 0 Å². The van der Waals surface area contributed by atoms with Crippen molar-refractivity contribution in [2.45, 2.75) is 4.90 Å². The second kappa shape index (κ2) is 6.30. The molecular weight excluding hydrogens is 342 g/mol. The van der Waals surface area contributed by atoms with Crippen molar-refractivity contribution in [3.8, 4) is 0 Å². The average Bonchev–Trinajstić information content (AvgIpc) is 3.18. The van der Waals surface area contributed by atoms with E-state index in [2.05, 4.69) is 24.9 Å². The molecule has 0 bridgehead atoms. The van der Waals surface area contributed by atoms with E-state index in [1.54, 1.807) is 29.1 Å². The Labute approximate surface area is 134 Å². The molecule has 0 fully saturated rings. The Bertz CT molecular complexity index is 856. The van der Waals surface area contributed by atoms with Gasteiger partial charge in [0.2, 0.25) is 5.13 Å². The fourth-order valence-corrected chi connectivity index (χ4v) is 3.75. The zero-order valence-corrected chi connectivity index (χ0v) is 13.4. The number of hydrogen-bond donors (Lipinski definition) is 1. The van der Waals surface area contributed by atoms with Crippen LogP contribution < -0.4 is 4.72 Å². The van der Waals surface area contributed by atoms with E-state index in [0.29, 0.717) is 16.0 Å². The van der Waals surface area contributed by atoms with Gasteiger partial charge in [-0.3, -0.25) is 4.72 Å². The second-order valence-corrected chi connectivity index (χ2v) is 7.40. The first-order valence-electron chi connectivity index (χ1n) is 5.97. The Morgan fingerprint density at radius 1 is 0.955 bits per heavy atom. The third-order valence-electron chi connectivity index (χ3n) is 2.47. The quantitative estimate of drug-likeness (QED) is 0.707. The fourth-order valence-electron chi connectivity index (χ4n) is 1.51. The molecule has 7 nitrogen and oxygen atoms in total. The summed E-state index contributed by atoms with van der Waals surface area (Å²) in [7, 11) is -3.64. The van der Waals surface area contributed by atoms with Gasteiger partial charge in [-0.2, -0.15) is 0 Å². The molecule has 112 valence electrons. The van der Waals surface area contributed by atoms with Crippen LogP contribution in [0.2, 0.25) is 0 Å². The molecular formula is C12H9N5O2S3. The summed E-state index contributed by atoms with van der Waals surface area (Å²) in [4.78, 5) is 8.00. The maximum Gasteiger partial charge on any atom is 0.263 e. The van der Waals surface area contributed by atoms with Crippen molar-refractivity contribution in [1.29, 1.82) is 0 Å². The fraction of sp³-hybridized carbons (Fsp3) is 0. The van der Waals surface area contributed by atoms with Crippen LogP contribution in [0.15, 0.2) is 62.5 Å². The van der Waals surface area contributed by atoms with Gasteiger partial charge in [-0.15, -0.1) is 32.9 Å². The summed E-state index contributed by atoms with van der Waals surface area (Å²) in [5.41, 5.74) is 0.545. The molecule has 0 aliphatic carbocycles. The summed E-state index contributed by atoms with van der Waals surface area (Å²) >= 11 is 2.58. The van der Waals surface area contributed by atoms with Crippen molar-refractivity contribution >= 4 is 48.6 Å². The number of nitrogens with zero attached hydrogens (tertiary/aromatic N) is 4. The molecule has 0 aliphatic heterocycles. The van der Waals surface area contributed by atoms with Gasteiger partial charge in [0.15, 0.2) is 5.13 Å². The lowest BCUT2D eigenvalue weighted by molar-refractivity contribution is 0.601. The van der Waals surface area contributed by atoms with E-state index < -0.39 is 10.0 Å². The number of benzene rings is 1. The Morgan fingerprint density at radius 2 is 1.68 bits per heavy atom. The zero-order valence-electron chi connectivity index (χ0n) is 10.9. The maximum atomic E-state index is 12.1. The van der Waals surface area contributed by atoms with E-state index in [1.807, 2.05) is 0 Å². The summed E-state index contributed by atoms with van der Waals surface area (Å²) in [5, 5.41) is 12.3. The number of rotatable bonds is 5. The van der Waals surface area contributed by atoms with Crippen molar-refractivity contribution in [1.82, 2.24) is 9.97 Å². The first-order chi connectivity index (χ1) is 10.6. The van der Waals surface area contributed by atoms with Crippen LogP contribution in [0, 0.1) is 0 Å². The van der Waals surface area contributed by atoms with Gasteiger partial charge < -0.3 is 0 Å². The minimum absolute atomic E-state index is 0.135. The van der Waals surface area contributed by atoms with E-state index in [-0.39, 0.29) is 4.90 Å². The van der Waals surface area contributed by atoms with Gasteiger partial charge in [-0.1, -0.05) is 0 Å². The number of hydrogen-bond acceptors (Lipinski definition) is 8. The molecule has 0 saturated heterocycles. The van der Waals surface area contributed by atoms with Crippen molar-refractivity contribution in [3.63, 3.8) is 0 Å². The number of thiazole rings is 2. The van der Waals surface area contributed by atoms with Gasteiger partial charge in [0, 0.05) is 23.2 Å². The molecule has 22 heavy (non-hydrogen) atoms. The lowest BCUT2D eigenvalue weighted by Crippen LogP contribution is -2.12. The minimum atomic E-state index is -3.64. The first kappa shape index (κ1) is 14.8. The van der Waals surface area contributed by atoms with E-state index in [9.17, 15) is 8.42 Å². The molecule has 0 radical (unpaired) electrons. The number of nitrogens with one attached hydrogen (secondary N) is 1. The Balaban J connectivity index is 1.76. The maximum absolute atomic E-state index is 12.1. The Hall–Kier alpha value is -2.17. The van der Waals surface area contributed by atoms with Crippen LogP contribution in [0.5, 0.6) is 0 Å². The van der Waals surface area contributed by atoms with Crippen LogP contribution >= 0.6 is 22.7 Å². The van der Waals surface area contributed by atoms with Gasteiger partial charge in [0.1, 0.15) is 0 Å². The molecule has 1 N–H and O–H groups in total. The van der Waals surface area contributed by atoms with Gasteiger partial charge in [-0.25, -0.2) is 18.4 Å². The molecule has 0 amide bonds. The van der Waals surface area contributed by atoms with Crippen LogP contribution in [0.25, 0.3) is 0 Å². The Kier molecular flexibility index (Phi) is 4.22. The lowest BCUT2D eigenvalue weighted by atomic mass is 10.3. The smallest absolute Gasteiger partial charge is 0.255 e. The highest BCUT2D eigenvalue weighted by molar-refractivity contribution is 7.93. The highest BCUT2D eigenvalue weighted by atomic mass is 32.2. The van der Waals surface area contributed by atoms with Crippen LogP contribution in [-0.4, -0.2) is 18.4 Å². The molecule has 10 heteroatoms. The summed E-state index contributed by atoms with van der Waals surface area (Å²) in [6, 6.07) is 6.08. The van der Waals surface area contributed by atoms with Crippen molar-refractivity contribution < 1.29 is 8.42 Å². The molecule has 0 saturated carbocycles. The SMILES string of the molecule is O=S(=O)(Nc1nccs1)c1ccc(N=Nc2nccs2)cc1. The zero-order chi connectivity index (χ0) is 15.4. The molecule has 2 aromatic heterocycles. The van der Waals surface area contributed by atoms with Gasteiger partial charge in [0.25, 0.3) is 10.0 Å². The third-order valence-corrected chi connectivity index (χ3v) is 5.30. The van der Waals surface area contributed by atoms with E-state index in [1.165, 1.54) is 41.0 Å². The highest BCUT2D eigenvalue weighted by Gasteiger charge is 2.15. The third kappa shape index (κ3) is 3.53. The van der Waals surface area contributed by atoms with Gasteiger partial charge in [0.05, 0.1) is 10.6 Å². The monoisotopic (exact) mass is 351 g/mol. The largest absolute Gasteiger partial charge is 0.263 e. The number of anilines is 1. The molecule has 0 aliphatic rings. The van der Waals surface area contributed by atoms with Gasteiger partial charge in [-0.05, 0) is 24.3 Å². The number of azo groups is 1. The van der Waals surface area contributed by atoms with Crippen LogP contribution in [0.3, 0.4) is 0 Å². The molecule has 3 rings (SSSR count). The predicted octanol–water partition coefficient (Wildman–Crippen LogP) is 3.82. The summed E-state index contributed by atoms with van der Waals surface area (Å²) in [6.45, 7) is 0. The molecule has 0 unspecified atom stereocenters. The number of sulfonamides is 1. The summed E-state index contributed by atoms with van der Waals surface area (Å²) in [5.74, 6) is 0. The first-order valence-corrected chi connectivity index (χ1v) is 9.21. The summed E-state index contributed by atoms with van der Waals surface area (Å²) in [6.07, 6.45) is 3.17. The van der Waals surface area contributed by atoms with Crippen molar-refractivity contribution in [2.75, 3.05) is 4.72 Å². The molecule has 0 spiro atoms. The van der Waals surface area contributed by atoms with Crippen molar-refractivity contribution in [2.24, 2.45) is 10.2 Å². The minimum Gasteiger partial charge on any atom is -0.255 e. The standard InChI is InChI=1S/C12H9N5O2S3/c18-22(19,17-12-14-6-8-21-12)10-3-1-9(2-4-10)15-16-11-13-5-7-20-11/h1-8H,(H,14,17). The van der Waals surface area contributed by atoms with Gasteiger partial charge >= 0.3 is 0 Å². The highest BCUT2D eigenvalue weighted by Crippen LogP contribution is 2.23. The van der Waals surface area contributed by atoms with Crippen molar-refractivity contribution in [3.05, 3.63) is 47.4 Å². The molecule has 3 aromatic rings. The normalized spacial score (nSPS) is 11.8. The predicted molar refractivity (Wildman–Crippen MR) is 85.7 cm³/mol. The topological polar surface area (TPSA) is 96.7 Å². The lowest BCUT2D eigenvalue weighted by Gasteiger charge is -2.04. The second-order valence-electron chi connectivity index (χ2n) is 3.95. The molecule has 1 aromatic carbocycles. The number of aromatic nitrogens is 2.